The lowest BCUT2D eigenvalue weighted by atomic mass is 10.2. The topological polar surface area (TPSA) is 59.9 Å². The van der Waals surface area contributed by atoms with Crippen LogP contribution in [-0.4, -0.2) is 31.1 Å². The number of hydrazone groups is 1. The highest BCUT2D eigenvalue weighted by Gasteiger charge is 2.11. The molecule has 0 aliphatic rings. The monoisotopic (exact) mass is 518 g/mol. The summed E-state index contributed by atoms with van der Waals surface area (Å²) in [5.41, 5.74) is 3.35. The van der Waals surface area contributed by atoms with Crippen LogP contribution in [0.4, 0.5) is 0 Å². The van der Waals surface area contributed by atoms with Gasteiger partial charge in [0.05, 0.1) is 28.8 Å². The largest absolute Gasteiger partial charge is 0.490 e. The van der Waals surface area contributed by atoms with E-state index in [1.165, 1.54) is 11.8 Å². The molecule has 0 heterocycles. The van der Waals surface area contributed by atoms with Crippen molar-refractivity contribution in [3.63, 3.8) is 0 Å². The SMILES string of the molecule is CCOc1cc(/C=N\NC(=O)CSc2ccc(Cl)cc2)cc(I)c1OCC. The highest BCUT2D eigenvalue weighted by Crippen LogP contribution is 2.33. The first kappa shape index (κ1) is 21.8. The number of carbonyl (C=O) groups excluding carboxylic acids is 1. The molecule has 0 radical (unpaired) electrons. The van der Waals surface area contributed by atoms with E-state index in [9.17, 15) is 4.79 Å². The second-order valence-corrected chi connectivity index (χ2v) is 7.88. The molecule has 2 aromatic carbocycles. The molecule has 0 saturated heterocycles. The molecule has 1 N–H and O–H groups in total. The van der Waals surface area contributed by atoms with E-state index >= 15 is 0 Å². The van der Waals surface area contributed by atoms with Gasteiger partial charge in [0.15, 0.2) is 11.5 Å². The summed E-state index contributed by atoms with van der Waals surface area (Å²) in [4.78, 5) is 12.9. The lowest BCUT2D eigenvalue weighted by Gasteiger charge is -2.13. The maximum absolute atomic E-state index is 11.9. The van der Waals surface area contributed by atoms with Crippen molar-refractivity contribution in [2.75, 3.05) is 19.0 Å². The number of hydrogen-bond donors (Lipinski definition) is 1. The molecule has 2 aromatic rings. The fraction of sp³-hybridized carbons (Fsp3) is 0.263. The van der Waals surface area contributed by atoms with Crippen molar-refractivity contribution in [2.45, 2.75) is 18.7 Å². The summed E-state index contributed by atoms with van der Waals surface area (Å²) in [6.07, 6.45) is 1.59. The van der Waals surface area contributed by atoms with Crippen molar-refractivity contribution >= 4 is 58.1 Å². The number of rotatable bonds is 9. The Morgan fingerprint density at radius 1 is 1.22 bits per heavy atom. The predicted molar refractivity (Wildman–Crippen MR) is 119 cm³/mol. The zero-order chi connectivity index (χ0) is 19.6. The molecule has 27 heavy (non-hydrogen) atoms. The number of nitrogens with zero attached hydrogens (tertiary/aromatic N) is 1. The van der Waals surface area contributed by atoms with Crippen LogP contribution in [-0.2, 0) is 4.79 Å². The van der Waals surface area contributed by atoms with Gasteiger partial charge in [-0.3, -0.25) is 4.79 Å². The number of benzene rings is 2. The van der Waals surface area contributed by atoms with Crippen LogP contribution in [0.2, 0.25) is 5.02 Å². The molecule has 0 spiro atoms. The average molecular weight is 519 g/mol. The van der Waals surface area contributed by atoms with Gasteiger partial charge < -0.3 is 9.47 Å². The highest BCUT2D eigenvalue weighted by atomic mass is 127. The smallest absolute Gasteiger partial charge is 0.250 e. The summed E-state index contributed by atoms with van der Waals surface area (Å²) in [5, 5.41) is 4.70. The average Bonchev–Trinajstić information content (AvgIpc) is 2.64. The van der Waals surface area contributed by atoms with Crippen molar-refractivity contribution < 1.29 is 14.3 Å². The molecule has 0 saturated carbocycles. The van der Waals surface area contributed by atoms with Gasteiger partial charge in [0.2, 0.25) is 5.91 Å². The van der Waals surface area contributed by atoms with Gasteiger partial charge >= 0.3 is 0 Å². The summed E-state index contributed by atoms with van der Waals surface area (Å²) < 4.78 is 12.2. The van der Waals surface area contributed by atoms with Crippen LogP contribution in [0, 0.1) is 3.57 Å². The number of nitrogens with one attached hydrogen (secondary N) is 1. The Morgan fingerprint density at radius 2 is 1.93 bits per heavy atom. The summed E-state index contributed by atoms with van der Waals surface area (Å²) in [6.45, 7) is 4.95. The van der Waals surface area contributed by atoms with Crippen LogP contribution < -0.4 is 14.9 Å². The molecule has 5 nitrogen and oxygen atoms in total. The maximum atomic E-state index is 11.9. The van der Waals surface area contributed by atoms with Crippen LogP contribution in [0.5, 0.6) is 11.5 Å². The number of halogens is 2. The molecule has 0 bridgehead atoms. The van der Waals surface area contributed by atoms with Crippen LogP contribution in [0.25, 0.3) is 0 Å². The fourth-order valence-electron chi connectivity index (χ4n) is 2.10. The highest BCUT2D eigenvalue weighted by molar-refractivity contribution is 14.1. The quantitative estimate of drug-likeness (QED) is 0.220. The molecule has 0 aliphatic heterocycles. The van der Waals surface area contributed by atoms with Gasteiger partial charge in [0, 0.05) is 9.92 Å². The van der Waals surface area contributed by atoms with E-state index in [2.05, 4.69) is 33.1 Å². The van der Waals surface area contributed by atoms with E-state index in [1.54, 1.807) is 18.3 Å². The van der Waals surface area contributed by atoms with Crippen molar-refractivity contribution in [3.8, 4) is 11.5 Å². The van der Waals surface area contributed by atoms with Crippen molar-refractivity contribution in [2.24, 2.45) is 5.10 Å². The van der Waals surface area contributed by atoms with Crippen molar-refractivity contribution in [3.05, 3.63) is 50.6 Å². The molecule has 2 rings (SSSR count). The third-order valence-electron chi connectivity index (χ3n) is 3.21. The van der Waals surface area contributed by atoms with Crippen LogP contribution in [0.3, 0.4) is 0 Å². The Labute approximate surface area is 182 Å². The molecular formula is C19H20ClIN2O3S. The standard InChI is InChI=1S/C19H20ClIN2O3S/c1-3-25-17-10-13(9-16(21)19(17)26-4-2)11-22-23-18(24)12-27-15-7-5-14(20)6-8-15/h5-11H,3-4,12H2,1-2H3,(H,23,24)/b22-11-. The van der Waals surface area contributed by atoms with Gasteiger partial charge in [-0.15, -0.1) is 11.8 Å². The molecule has 0 fully saturated rings. The number of amides is 1. The lowest BCUT2D eigenvalue weighted by Crippen LogP contribution is -2.19. The molecule has 1 amide bonds. The zero-order valence-corrected chi connectivity index (χ0v) is 18.7. The summed E-state index contributed by atoms with van der Waals surface area (Å²) in [7, 11) is 0. The minimum atomic E-state index is -0.183. The Hall–Kier alpha value is -1.45. The number of thioether (sulfide) groups is 1. The van der Waals surface area contributed by atoms with Crippen LogP contribution >= 0.6 is 46.0 Å². The summed E-state index contributed by atoms with van der Waals surface area (Å²) in [5.74, 6) is 1.47. The Bertz CT molecular complexity index is 800. The molecule has 0 aliphatic carbocycles. The maximum Gasteiger partial charge on any atom is 0.250 e. The Kier molecular flexibility index (Phi) is 9.23. The van der Waals surface area contributed by atoms with Gasteiger partial charge in [-0.1, -0.05) is 11.6 Å². The molecule has 0 unspecified atom stereocenters. The van der Waals surface area contributed by atoms with Crippen molar-refractivity contribution in [1.29, 1.82) is 0 Å². The first-order valence-corrected chi connectivity index (χ1v) is 10.8. The third kappa shape index (κ3) is 7.23. The molecular weight excluding hydrogens is 499 g/mol. The Balaban J connectivity index is 1.94. The van der Waals surface area contributed by atoms with Gasteiger partial charge in [-0.2, -0.15) is 5.10 Å². The minimum absolute atomic E-state index is 0.183. The first-order chi connectivity index (χ1) is 13.0. The van der Waals surface area contributed by atoms with E-state index in [4.69, 9.17) is 21.1 Å². The van der Waals surface area contributed by atoms with Crippen LogP contribution in [0.15, 0.2) is 46.4 Å². The Morgan fingerprint density at radius 3 is 2.59 bits per heavy atom. The molecule has 0 atom stereocenters. The fourth-order valence-corrected chi connectivity index (χ4v) is 3.70. The molecule has 8 heteroatoms. The predicted octanol–water partition coefficient (Wildman–Crippen LogP) is 4.98. The molecule has 0 aromatic heterocycles. The van der Waals surface area contributed by atoms with Gasteiger partial charge in [-0.25, -0.2) is 5.43 Å². The minimum Gasteiger partial charge on any atom is -0.490 e. The third-order valence-corrected chi connectivity index (χ3v) is 5.27. The first-order valence-electron chi connectivity index (χ1n) is 8.32. The van der Waals surface area contributed by atoms with Gasteiger partial charge in [0.1, 0.15) is 0 Å². The second kappa shape index (κ2) is 11.4. The normalized spacial score (nSPS) is 10.8. The van der Waals surface area contributed by atoms with Gasteiger partial charge in [0.25, 0.3) is 0 Å². The summed E-state index contributed by atoms with van der Waals surface area (Å²) in [6, 6.07) is 11.1. The zero-order valence-electron chi connectivity index (χ0n) is 15.0. The van der Waals surface area contributed by atoms with Gasteiger partial charge in [-0.05, 0) is 78.4 Å². The molecule has 144 valence electrons. The van der Waals surface area contributed by atoms with Crippen LogP contribution in [0.1, 0.15) is 19.4 Å². The number of ether oxygens (including phenoxy) is 2. The van der Waals surface area contributed by atoms with E-state index < -0.39 is 0 Å². The summed E-state index contributed by atoms with van der Waals surface area (Å²) >= 11 is 9.46. The number of carbonyl (C=O) groups is 1. The van der Waals surface area contributed by atoms with E-state index in [-0.39, 0.29) is 11.7 Å². The van der Waals surface area contributed by atoms with Crippen molar-refractivity contribution in [1.82, 2.24) is 5.43 Å². The van der Waals surface area contributed by atoms with E-state index in [0.717, 1.165) is 19.8 Å². The van der Waals surface area contributed by atoms with E-state index in [1.807, 2.05) is 38.1 Å². The van der Waals surface area contributed by atoms with E-state index in [0.29, 0.717) is 24.0 Å². The second-order valence-electron chi connectivity index (χ2n) is 5.23. The number of hydrogen-bond acceptors (Lipinski definition) is 5. The lowest BCUT2D eigenvalue weighted by molar-refractivity contribution is -0.118.